The van der Waals surface area contributed by atoms with Gasteiger partial charge in [0.15, 0.2) is 0 Å². The van der Waals surface area contributed by atoms with Crippen LogP contribution in [0.25, 0.3) is 21.8 Å². The van der Waals surface area contributed by atoms with Crippen molar-refractivity contribution < 1.29 is 13.2 Å². The Morgan fingerprint density at radius 2 is 1.72 bits per heavy atom. The Bertz CT molecular complexity index is 1270. The summed E-state index contributed by atoms with van der Waals surface area (Å²) >= 11 is 3.11. The molecular weight excluding hydrogens is 454 g/mol. The fraction of sp³-hybridized carbons (Fsp3) is 0.143. The summed E-state index contributed by atoms with van der Waals surface area (Å²) in [6, 6.07) is 21.4. The smallest absolute Gasteiger partial charge is 0.241 e. The molecule has 2 N–H and O–H groups in total. The molecule has 6 nitrogen and oxygen atoms in total. The maximum absolute atomic E-state index is 11.8. The number of fused-ring (bicyclic) bond motifs is 3. The number of hydrogen-bond acceptors (Lipinski definition) is 4. The van der Waals surface area contributed by atoms with Gasteiger partial charge in [0.1, 0.15) is 12.4 Å². The number of sulfonamides is 1. The van der Waals surface area contributed by atoms with Crippen LogP contribution in [-0.4, -0.2) is 32.8 Å². The van der Waals surface area contributed by atoms with Gasteiger partial charge in [0, 0.05) is 28.9 Å². The second kappa shape index (κ2) is 7.96. The maximum atomic E-state index is 11.8. The topological polar surface area (TPSA) is 74.4 Å². The van der Waals surface area contributed by atoms with Gasteiger partial charge in [0.2, 0.25) is 10.0 Å². The summed E-state index contributed by atoms with van der Waals surface area (Å²) in [6.45, 7) is 0.952. The summed E-state index contributed by atoms with van der Waals surface area (Å²) < 4.78 is 30.5. The van der Waals surface area contributed by atoms with Crippen molar-refractivity contribution in [3.63, 3.8) is 0 Å². The summed E-state index contributed by atoms with van der Waals surface area (Å²) in [5.41, 5.74) is 3.35. The molecule has 0 saturated carbocycles. The lowest BCUT2D eigenvalue weighted by atomic mass is 10.1. The molecular formula is C21H20BrN3O3S. The average molecular weight is 474 g/mol. The molecule has 29 heavy (non-hydrogen) atoms. The van der Waals surface area contributed by atoms with Crippen LogP contribution in [0.3, 0.4) is 0 Å². The molecule has 0 aliphatic rings. The summed E-state index contributed by atoms with van der Waals surface area (Å²) in [5, 5.41) is 5.58. The van der Waals surface area contributed by atoms with Crippen molar-refractivity contribution in [1.82, 2.24) is 4.98 Å². The molecule has 0 radical (unpaired) electrons. The summed E-state index contributed by atoms with van der Waals surface area (Å²) in [6.07, 6.45) is 1.14. The van der Waals surface area contributed by atoms with Crippen LogP contribution in [0.4, 0.5) is 11.4 Å². The van der Waals surface area contributed by atoms with E-state index in [0.29, 0.717) is 24.5 Å². The number of ether oxygens (including phenoxy) is 1. The molecule has 1 aromatic heterocycles. The van der Waals surface area contributed by atoms with Crippen molar-refractivity contribution in [1.29, 1.82) is 0 Å². The molecule has 4 rings (SSSR count). The Hall–Kier alpha value is -2.71. The lowest BCUT2D eigenvalue weighted by Crippen LogP contribution is -2.20. The molecule has 4 aromatic rings. The van der Waals surface area contributed by atoms with Gasteiger partial charge in [-0.05, 0) is 30.3 Å². The van der Waals surface area contributed by atoms with E-state index < -0.39 is 10.0 Å². The van der Waals surface area contributed by atoms with E-state index in [4.69, 9.17) is 4.74 Å². The molecule has 0 spiro atoms. The van der Waals surface area contributed by atoms with Crippen molar-refractivity contribution in [3.05, 3.63) is 66.7 Å². The number of rotatable bonds is 7. The molecule has 0 atom stereocenters. The number of hydrogen-bond donors (Lipinski definition) is 2. The summed E-state index contributed by atoms with van der Waals surface area (Å²) in [4.78, 5) is 3.41. The molecule has 0 amide bonds. The zero-order chi connectivity index (χ0) is 20.4. The van der Waals surface area contributed by atoms with Crippen molar-refractivity contribution in [2.45, 2.75) is 0 Å². The minimum absolute atomic E-state index is 0.432. The van der Waals surface area contributed by atoms with E-state index in [9.17, 15) is 8.42 Å². The Morgan fingerprint density at radius 3 is 2.55 bits per heavy atom. The number of nitrogens with one attached hydrogen (secondary N) is 2. The number of halogens is 1. The molecule has 0 aliphatic heterocycles. The molecule has 0 saturated heterocycles. The van der Waals surface area contributed by atoms with Gasteiger partial charge in [-0.3, -0.25) is 0 Å². The van der Waals surface area contributed by atoms with Gasteiger partial charge in [0.05, 0.1) is 39.3 Å². The largest absolute Gasteiger partial charge is 0.492 e. The summed E-state index contributed by atoms with van der Waals surface area (Å²) in [7, 11) is -3.41. The van der Waals surface area contributed by atoms with Gasteiger partial charge < -0.3 is 15.0 Å². The third-order valence-corrected chi connectivity index (χ3v) is 7.29. The first kappa shape index (κ1) is 19.6. The zero-order valence-corrected chi connectivity index (χ0v) is 18.1. The normalized spacial score (nSPS) is 11.7. The first-order valence-corrected chi connectivity index (χ1v) is 11.6. The third-order valence-electron chi connectivity index (χ3n) is 4.55. The average Bonchev–Trinajstić information content (AvgIpc) is 3.08. The predicted octanol–water partition coefficient (Wildman–Crippen LogP) is 4.89. The highest BCUT2D eigenvalue weighted by molar-refractivity contribution is 9.11. The lowest BCUT2D eigenvalue weighted by Gasteiger charge is -2.18. The SMILES string of the molecule is CS(=O)(=O)N(Br)c1ccccc1NCCOc1ccc2c(c1)[nH]c1ccccc12. The van der Waals surface area contributed by atoms with Gasteiger partial charge in [-0.1, -0.05) is 30.3 Å². The number of aromatic nitrogens is 1. The Morgan fingerprint density at radius 1 is 1.00 bits per heavy atom. The molecule has 1 heterocycles. The molecule has 0 unspecified atom stereocenters. The number of benzene rings is 3. The van der Waals surface area contributed by atoms with Crippen LogP contribution in [-0.2, 0) is 10.0 Å². The predicted molar refractivity (Wildman–Crippen MR) is 122 cm³/mol. The maximum Gasteiger partial charge on any atom is 0.241 e. The fourth-order valence-electron chi connectivity index (χ4n) is 3.23. The van der Waals surface area contributed by atoms with Crippen molar-refractivity contribution >= 4 is 59.4 Å². The minimum atomic E-state index is -3.41. The van der Waals surface area contributed by atoms with Crippen molar-refractivity contribution in [2.24, 2.45) is 0 Å². The van der Waals surface area contributed by atoms with Gasteiger partial charge in [0.25, 0.3) is 0 Å². The van der Waals surface area contributed by atoms with E-state index in [2.05, 4.69) is 44.6 Å². The van der Waals surface area contributed by atoms with Gasteiger partial charge in [-0.25, -0.2) is 11.7 Å². The highest BCUT2D eigenvalue weighted by Crippen LogP contribution is 2.30. The molecule has 150 valence electrons. The van der Waals surface area contributed by atoms with Crippen molar-refractivity contribution in [2.75, 3.05) is 28.1 Å². The van der Waals surface area contributed by atoms with Gasteiger partial charge in [-0.2, -0.15) is 0 Å². The highest BCUT2D eigenvalue weighted by atomic mass is 79.9. The second-order valence-corrected chi connectivity index (χ2v) is 9.66. The lowest BCUT2D eigenvalue weighted by molar-refractivity contribution is 0.333. The number of anilines is 2. The standard InChI is InChI=1S/C21H20BrN3O3S/c1-29(26,27)25(22)21-9-5-4-8-19(21)23-12-13-28-15-10-11-17-16-6-2-3-7-18(16)24-20(17)14-15/h2-11,14,23-24H,12-13H2,1H3. The minimum Gasteiger partial charge on any atom is -0.492 e. The van der Waals surface area contributed by atoms with Crippen LogP contribution in [0, 0.1) is 0 Å². The van der Waals surface area contributed by atoms with E-state index in [1.54, 1.807) is 12.1 Å². The molecule has 3 aromatic carbocycles. The molecule has 0 bridgehead atoms. The van der Waals surface area contributed by atoms with E-state index in [1.165, 1.54) is 5.39 Å². The Kier molecular flexibility index (Phi) is 5.38. The first-order chi connectivity index (χ1) is 13.9. The van der Waals surface area contributed by atoms with Gasteiger partial charge >= 0.3 is 0 Å². The van der Waals surface area contributed by atoms with Crippen LogP contribution in [0.2, 0.25) is 0 Å². The fourth-order valence-corrected chi connectivity index (χ4v) is 4.06. The Labute approximate surface area is 177 Å². The van der Waals surface area contributed by atoms with Crippen molar-refractivity contribution in [3.8, 4) is 5.75 Å². The van der Waals surface area contributed by atoms with Crippen LogP contribution < -0.4 is 13.4 Å². The number of H-pyrrole nitrogens is 1. The summed E-state index contributed by atoms with van der Waals surface area (Å²) in [5.74, 6) is 0.775. The molecule has 8 heteroatoms. The monoisotopic (exact) mass is 473 g/mol. The van der Waals surface area contributed by atoms with Crippen LogP contribution in [0.15, 0.2) is 66.7 Å². The van der Waals surface area contributed by atoms with Gasteiger partial charge in [-0.15, -0.1) is 0 Å². The van der Waals surface area contributed by atoms with Crippen LogP contribution >= 0.6 is 16.1 Å². The zero-order valence-electron chi connectivity index (χ0n) is 15.7. The highest BCUT2D eigenvalue weighted by Gasteiger charge is 2.17. The first-order valence-electron chi connectivity index (χ1n) is 9.06. The quantitative estimate of drug-likeness (QED) is 0.296. The number of para-hydroxylation sites is 3. The number of nitrogens with zero attached hydrogens (tertiary/aromatic N) is 1. The molecule has 0 fully saturated rings. The van der Waals surface area contributed by atoms with Crippen LogP contribution in [0.1, 0.15) is 0 Å². The van der Waals surface area contributed by atoms with E-state index in [1.807, 2.05) is 36.4 Å². The number of aromatic amines is 1. The third kappa shape index (κ3) is 4.18. The second-order valence-electron chi connectivity index (χ2n) is 6.65. The Balaban J connectivity index is 1.42. The molecule has 0 aliphatic carbocycles. The van der Waals surface area contributed by atoms with E-state index in [0.717, 1.165) is 31.8 Å². The van der Waals surface area contributed by atoms with E-state index in [-0.39, 0.29) is 0 Å². The van der Waals surface area contributed by atoms with E-state index >= 15 is 0 Å². The van der Waals surface area contributed by atoms with Crippen LogP contribution in [0.5, 0.6) is 5.75 Å².